The minimum atomic E-state index is -0.0478. The molecule has 0 radical (unpaired) electrons. The zero-order chi connectivity index (χ0) is 13.9. The highest BCUT2D eigenvalue weighted by Crippen LogP contribution is 2.15. The molecule has 0 amide bonds. The molecule has 2 heterocycles. The summed E-state index contributed by atoms with van der Waals surface area (Å²) < 4.78 is 0. The molecule has 4 heteroatoms. The number of hydrogen-bond acceptors (Lipinski definition) is 3. The molecule has 20 heavy (non-hydrogen) atoms. The van der Waals surface area contributed by atoms with Crippen LogP contribution in [-0.4, -0.2) is 11.0 Å². The van der Waals surface area contributed by atoms with E-state index in [2.05, 4.69) is 34.1 Å². The van der Waals surface area contributed by atoms with E-state index in [-0.39, 0.29) is 11.6 Å². The Morgan fingerprint density at radius 2 is 2.15 bits per heavy atom. The van der Waals surface area contributed by atoms with Gasteiger partial charge in [-0.2, -0.15) is 11.3 Å². The second-order valence-corrected chi connectivity index (χ2v) is 5.76. The average molecular weight is 284 g/mol. The summed E-state index contributed by atoms with van der Waals surface area (Å²) in [5.41, 5.74) is 1.27. The van der Waals surface area contributed by atoms with Crippen LogP contribution in [0.4, 0.5) is 5.82 Å². The van der Waals surface area contributed by atoms with Crippen molar-refractivity contribution >= 4 is 27.9 Å². The van der Waals surface area contributed by atoms with Crippen LogP contribution in [0.2, 0.25) is 0 Å². The van der Waals surface area contributed by atoms with Crippen LogP contribution >= 0.6 is 11.3 Å². The fraction of sp³-hybridized carbons (Fsp3) is 0.188. The van der Waals surface area contributed by atoms with Gasteiger partial charge in [0.05, 0.1) is 0 Å². The summed E-state index contributed by atoms with van der Waals surface area (Å²) in [5, 5.41) is 9.28. The normalized spacial score (nSPS) is 12.4. The standard InChI is InChI=1S/C16H16N2OS/c1-11(8-12-6-7-20-10-12)17-15-9-13-4-2-3-5-14(13)16(19)18-15/h2-7,9-11H,8H2,1H3,(H2,17,18,19). The lowest BCUT2D eigenvalue weighted by Crippen LogP contribution is -2.20. The lowest BCUT2D eigenvalue weighted by atomic mass is 10.1. The maximum Gasteiger partial charge on any atom is 0.257 e. The molecule has 0 saturated carbocycles. The van der Waals surface area contributed by atoms with Crippen molar-refractivity contribution in [3.05, 3.63) is 63.1 Å². The summed E-state index contributed by atoms with van der Waals surface area (Å²) in [6.07, 6.45) is 0.943. The SMILES string of the molecule is CC(Cc1ccsc1)Nc1cc2ccccc2c(=O)[nH]1. The van der Waals surface area contributed by atoms with E-state index >= 15 is 0 Å². The molecule has 0 aliphatic rings. The van der Waals surface area contributed by atoms with Crippen LogP contribution in [0.5, 0.6) is 0 Å². The Kier molecular flexibility index (Phi) is 3.56. The largest absolute Gasteiger partial charge is 0.369 e. The minimum Gasteiger partial charge on any atom is -0.369 e. The van der Waals surface area contributed by atoms with Crippen molar-refractivity contribution < 1.29 is 0 Å². The Labute approximate surface area is 121 Å². The number of H-pyrrole nitrogens is 1. The minimum absolute atomic E-state index is 0.0478. The summed E-state index contributed by atoms with van der Waals surface area (Å²) in [7, 11) is 0. The maximum absolute atomic E-state index is 12.0. The molecule has 2 N–H and O–H groups in total. The number of anilines is 1. The van der Waals surface area contributed by atoms with Gasteiger partial charge in [-0.15, -0.1) is 0 Å². The van der Waals surface area contributed by atoms with E-state index in [1.165, 1.54) is 5.56 Å². The van der Waals surface area contributed by atoms with Crippen molar-refractivity contribution in [2.45, 2.75) is 19.4 Å². The number of nitrogens with one attached hydrogen (secondary N) is 2. The van der Waals surface area contributed by atoms with E-state index in [4.69, 9.17) is 0 Å². The van der Waals surface area contributed by atoms with Crippen molar-refractivity contribution in [2.75, 3.05) is 5.32 Å². The predicted molar refractivity (Wildman–Crippen MR) is 85.7 cm³/mol. The second kappa shape index (κ2) is 5.51. The van der Waals surface area contributed by atoms with Gasteiger partial charge < -0.3 is 10.3 Å². The highest BCUT2D eigenvalue weighted by molar-refractivity contribution is 7.07. The molecule has 3 aromatic rings. The zero-order valence-electron chi connectivity index (χ0n) is 11.2. The van der Waals surface area contributed by atoms with Crippen LogP contribution in [0.15, 0.2) is 52.0 Å². The van der Waals surface area contributed by atoms with Crippen molar-refractivity contribution in [3.8, 4) is 0 Å². The van der Waals surface area contributed by atoms with E-state index in [0.717, 1.165) is 23.0 Å². The number of aromatic nitrogens is 1. The van der Waals surface area contributed by atoms with E-state index in [0.29, 0.717) is 0 Å². The first-order chi connectivity index (χ1) is 9.72. The van der Waals surface area contributed by atoms with Crippen LogP contribution in [-0.2, 0) is 6.42 Å². The third-order valence-electron chi connectivity index (χ3n) is 3.28. The molecule has 0 fully saturated rings. The number of aromatic amines is 1. The first-order valence-electron chi connectivity index (χ1n) is 6.62. The van der Waals surface area contributed by atoms with Gasteiger partial charge in [0.25, 0.3) is 5.56 Å². The lowest BCUT2D eigenvalue weighted by Gasteiger charge is -2.14. The van der Waals surface area contributed by atoms with Crippen LogP contribution < -0.4 is 10.9 Å². The molecule has 2 aromatic heterocycles. The van der Waals surface area contributed by atoms with Crippen molar-refractivity contribution in [1.82, 2.24) is 4.98 Å². The van der Waals surface area contributed by atoms with Gasteiger partial charge >= 0.3 is 0 Å². The molecule has 102 valence electrons. The number of thiophene rings is 1. The Morgan fingerprint density at radius 3 is 2.95 bits per heavy atom. The highest BCUT2D eigenvalue weighted by Gasteiger charge is 2.06. The summed E-state index contributed by atoms with van der Waals surface area (Å²) in [5.74, 6) is 0.774. The Bertz CT molecular complexity index is 761. The van der Waals surface area contributed by atoms with Gasteiger partial charge in [-0.25, -0.2) is 0 Å². The molecule has 0 bridgehead atoms. The maximum atomic E-state index is 12.0. The number of hydrogen-bond donors (Lipinski definition) is 2. The Hall–Kier alpha value is -2.07. The number of rotatable bonds is 4. The fourth-order valence-electron chi connectivity index (χ4n) is 2.37. The molecule has 0 aliphatic carbocycles. The molecule has 0 saturated heterocycles. The molecule has 3 nitrogen and oxygen atoms in total. The summed E-state index contributed by atoms with van der Waals surface area (Å²) >= 11 is 1.71. The predicted octanol–water partition coefficient (Wildman–Crippen LogP) is 3.63. The topological polar surface area (TPSA) is 44.9 Å². The monoisotopic (exact) mass is 284 g/mol. The van der Waals surface area contributed by atoms with E-state index in [1.54, 1.807) is 11.3 Å². The van der Waals surface area contributed by atoms with Crippen LogP contribution in [0.3, 0.4) is 0 Å². The third kappa shape index (κ3) is 2.75. The zero-order valence-corrected chi connectivity index (χ0v) is 12.0. The summed E-state index contributed by atoms with van der Waals surface area (Å²) in [6, 6.07) is 12.0. The van der Waals surface area contributed by atoms with Crippen LogP contribution in [0.25, 0.3) is 10.8 Å². The number of pyridine rings is 1. The Morgan fingerprint density at radius 1 is 1.30 bits per heavy atom. The van der Waals surface area contributed by atoms with Gasteiger partial charge in [0, 0.05) is 11.4 Å². The highest BCUT2D eigenvalue weighted by atomic mass is 32.1. The molecular weight excluding hydrogens is 268 g/mol. The smallest absolute Gasteiger partial charge is 0.257 e. The van der Waals surface area contributed by atoms with E-state index in [9.17, 15) is 4.79 Å². The van der Waals surface area contributed by atoms with Gasteiger partial charge in [-0.3, -0.25) is 4.79 Å². The molecule has 0 aliphatic heterocycles. The van der Waals surface area contributed by atoms with Crippen molar-refractivity contribution in [3.63, 3.8) is 0 Å². The van der Waals surface area contributed by atoms with E-state index in [1.807, 2.05) is 30.3 Å². The molecule has 1 aromatic carbocycles. The first kappa shape index (κ1) is 12.9. The third-order valence-corrected chi connectivity index (χ3v) is 4.01. The average Bonchev–Trinajstić information content (AvgIpc) is 2.91. The van der Waals surface area contributed by atoms with Gasteiger partial charge in [0.2, 0.25) is 0 Å². The number of benzene rings is 1. The van der Waals surface area contributed by atoms with Gasteiger partial charge in [0.1, 0.15) is 5.82 Å². The first-order valence-corrected chi connectivity index (χ1v) is 7.56. The second-order valence-electron chi connectivity index (χ2n) is 4.98. The van der Waals surface area contributed by atoms with Gasteiger partial charge in [0.15, 0.2) is 0 Å². The van der Waals surface area contributed by atoms with Crippen LogP contribution in [0, 0.1) is 0 Å². The molecule has 0 spiro atoms. The molecule has 1 unspecified atom stereocenters. The van der Waals surface area contributed by atoms with Crippen LogP contribution in [0.1, 0.15) is 12.5 Å². The molecule has 3 rings (SSSR count). The lowest BCUT2D eigenvalue weighted by molar-refractivity contribution is 0.786. The van der Waals surface area contributed by atoms with Gasteiger partial charge in [-0.05, 0) is 53.3 Å². The van der Waals surface area contributed by atoms with Crippen molar-refractivity contribution in [2.24, 2.45) is 0 Å². The number of fused-ring (bicyclic) bond motifs is 1. The fourth-order valence-corrected chi connectivity index (χ4v) is 3.05. The summed E-state index contributed by atoms with van der Waals surface area (Å²) in [4.78, 5) is 14.9. The quantitative estimate of drug-likeness (QED) is 0.768. The van der Waals surface area contributed by atoms with Gasteiger partial charge in [-0.1, -0.05) is 18.2 Å². The van der Waals surface area contributed by atoms with E-state index < -0.39 is 0 Å². The molecular formula is C16H16N2OS. The Balaban J connectivity index is 1.82. The summed E-state index contributed by atoms with van der Waals surface area (Å²) in [6.45, 7) is 2.12. The van der Waals surface area contributed by atoms with Crippen molar-refractivity contribution in [1.29, 1.82) is 0 Å². The molecule has 1 atom stereocenters.